The molecular weight excluding hydrogens is 224 g/mol. The number of hydrogen-bond donors (Lipinski definition) is 1. The summed E-state index contributed by atoms with van der Waals surface area (Å²) >= 11 is 1.41. The lowest BCUT2D eigenvalue weighted by Gasteiger charge is -2.00. The number of nitrogens with one attached hydrogen (secondary N) is 1. The summed E-state index contributed by atoms with van der Waals surface area (Å²) in [6.07, 6.45) is 7.23. The zero-order valence-electron chi connectivity index (χ0n) is 8.67. The van der Waals surface area contributed by atoms with Crippen molar-refractivity contribution < 1.29 is 0 Å². The molecule has 0 fully saturated rings. The molecule has 2 rings (SSSR count). The lowest BCUT2D eigenvalue weighted by Crippen LogP contribution is -2.14. The van der Waals surface area contributed by atoms with E-state index in [-0.39, 0.29) is 5.56 Å². The van der Waals surface area contributed by atoms with Crippen LogP contribution < -0.4 is 5.56 Å². The Hall–Kier alpha value is -1.69. The van der Waals surface area contributed by atoms with Crippen LogP contribution >= 0.6 is 11.8 Å². The first kappa shape index (κ1) is 10.8. The third-order valence-electron chi connectivity index (χ3n) is 2.08. The van der Waals surface area contributed by atoms with Crippen LogP contribution in [0.2, 0.25) is 0 Å². The highest BCUT2D eigenvalue weighted by Gasteiger charge is 2.03. The van der Waals surface area contributed by atoms with E-state index in [1.807, 2.05) is 12.3 Å². The van der Waals surface area contributed by atoms with Crippen LogP contribution in [-0.2, 0) is 6.42 Å². The van der Waals surface area contributed by atoms with Crippen molar-refractivity contribution in [3.8, 4) is 0 Å². The van der Waals surface area contributed by atoms with Gasteiger partial charge in [-0.15, -0.1) is 0 Å². The van der Waals surface area contributed by atoms with Gasteiger partial charge in [-0.2, -0.15) is 10.2 Å². The molecule has 0 aliphatic carbocycles. The normalized spacial score (nSPS) is 10.3. The first-order chi connectivity index (χ1) is 7.79. The molecule has 0 unspecified atom stereocenters. The monoisotopic (exact) mass is 234 g/mol. The molecule has 0 aromatic carbocycles. The maximum atomic E-state index is 11.7. The van der Waals surface area contributed by atoms with Gasteiger partial charge in [0.2, 0.25) is 0 Å². The van der Waals surface area contributed by atoms with E-state index in [9.17, 15) is 4.79 Å². The average molecular weight is 234 g/mol. The number of thioether (sulfide) groups is 1. The van der Waals surface area contributed by atoms with Crippen LogP contribution in [0.25, 0.3) is 0 Å². The molecule has 2 aromatic rings. The average Bonchev–Trinajstić information content (AvgIpc) is 2.33. The molecule has 2 aromatic heterocycles. The second kappa shape index (κ2) is 4.89. The summed E-state index contributed by atoms with van der Waals surface area (Å²) < 4.78 is 0. The Kier molecular flexibility index (Phi) is 3.31. The molecule has 1 N–H and O–H groups in total. The summed E-state index contributed by atoms with van der Waals surface area (Å²) in [4.78, 5) is 18.5. The highest BCUT2D eigenvalue weighted by Crippen LogP contribution is 2.06. The molecule has 2 heterocycles. The third-order valence-corrected chi connectivity index (χ3v) is 2.68. The molecular formula is C10H10N4OS. The number of nitrogens with zero attached hydrogens (tertiary/aromatic N) is 3. The minimum absolute atomic E-state index is 0.101. The fourth-order valence-electron chi connectivity index (χ4n) is 1.28. The number of aromatic amines is 1. The smallest absolute Gasteiger partial charge is 0.255 e. The zero-order valence-corrected chi connectivity index (χ0v) is 9.49. The molecule has 0 atom stereocenters. The molecule has 16 heavy (non-hydrogen) atoms. The first-order valence-corrected chi connectivity index (χ1v) is 5.90. The Morgan fingerprint density at radius 1 is 1.38 bits per heavy atom. The molecule has 0 saturated carbocycles. The van der Waals surface area contributed by atoms with E-state index in [0.29, 0.717) is 17.1 Å². The molecule has 82 valence electrons. The summed E-state index contributed by atoms with van der Waals surface area (Å²) in [5.74, 6) is 0. The minimum atomic E-state index is -0.101. The van der Waals surface area contributed by atoms with Gasteiger partial charge >= 0.3 is 0 Å². The Morgan fingerprint density at radius 2 is 2.25 bits per heavy atom. The Labute approximate surface area is 96.4 Å². The van der Waals surface area contributed by atoms with Gasteiger partial charge in [0.15, 0.2) is 5.16 Å². The maximum absolute atomic E-state index is 11.7. The highest BCUT2D eigenvalue weighted by atomic mass is 32.2. The summed E-state index contributed by atoms with van der Waals surface area (Å²) in [5, 5.41) is 8.07. The lowest BCUT2D eigenvalue weighted by molar-refractivity contribution is 0.896. The SMILES string of the molecule is CSc1ncc(Cc2ccnnc2)c(=O)[nH]1. The zero-order chi connectivity index (χ0) is 11.4. The van der Waals surface area contributed by atoms with Crippen LogP contribution in [0.15, 0.2) is 34.6 Å². The van der Waals surface area contributed by atoms with Crippen LogP contribution in [-0.4, -0.2) is 26.4 Å². The largest absolute Gasteiger partial charge is 0.301 e. The van der Waals surface area contributed by atoms with Crippen molar-refractivity contribution in [1.82, 2.24) is 20.2 Å². The first-order valence-electron chi connectivity index (χ1n) is 4.67. The van der Waals surface area contributed by atoms with Gasteiger partial charge in [0, 0.05) is 24.4 Å². The van der Waals surface area contributed by atoms with E-state index in [1.165, 1.54) is 11.8 Å². The standard InChI is InChI=1S/C10H10N4OS/c1-16-10-11-6-8(9(15)14-10)4-7-2-3-12-13-5-7/h2-3,5-6H,4H2,1H3,(H,11,14,15). The van der Waals surface area contributed by atoms with Crippen molar-refractivity contribution in [1.29, 1.82) is 0 Å². The van der Waals surface area contributed by atoms with E-state index in [0.717, 1.165) is 5.56 Å². The Morgan fingerprint density at radius 3 is 2.88 bits per heavy atom. The lowest BCUT2D eigenvalue weighted by atomic mass is 10.1. The molecule has 0 saturated heterocycles. The minimum Gasteiger partial charge on any atom is -0.301 e. The molecule has 0 aliphatic rings. The number of H-pyrrole nitrogens is 1. The van der Waals surface area contributed by atoms with Gasteiger partial charge in [-0.3, -0.25) is 4.79 Å². The van der Waals surface area contributed by atoms with E-state index < -0.39 is 0 Å². The van der Waals surface area contributed by atoms with Gasteiger partial charge in [-0.05, 0) is 17.9 Å². The molecule has 0 spiro atoms. The van der Waals surface area contributed by atoms with Gasteiger partial charge in [-0.1, -0.05) is 11.8 Å². The predicted octanol–water partition coefficient (Wildman–Crippen LogP) is 0.873. The van der Waals surface area contributed by atoms with Crippen molar-refractivity contribution in [3.63, 3.8) is 0 Å². The van der Waals surface area contributed by atoms with Crippen molar-refractivity contribution >= 4 is 11.8 Å². The fraction of sp³-hybridized carbons (Fsp3) is 0.200. The van der Waals surface area contributed by atoms with Gasteiger partial charge < -0.3 is 4.98 Å². The number of hydrogen-bond acceptors (Lipinski definition) is 5. The van der Waals surface area contributed by atoms with Crippen LogP contribution in [0.5, 0.6) is 0 Å². The van der Waals surface area contributed by atoms with E-state index in [1.54, 1.807) is 18.6 Å². The van der Waals surface area contributed by atoms with Crippen molar-refractivity contribution in [3.05, 3.63) is 46.1 Å². The van der Waals surface area contributed by atoms with Crippen LogP contribution in [0.3, 0.4) is 0 Å². The summed E-state index contributed by atoms with van der Waals surface area (Å²) in [6.45, 7) is 0. The van der Waals surface area contributed by atoms with E-state index in [4.69, 9.17) is 0 Å². The molecule has 5 nitrogen and oxygen atoms in total. The summed E-state index contributed by atoms with van der Waals surface area (Å²) in [5.41, 5.74) is 1.47. The predicted molar refractivity (Wildman–Crippen MR) is 61.5 cm³/mol. The van der Waals surface area contributed by atoms with Crippen molar-refractivity contribution in [2.24, 2.45) is 0 Å². The van der Waals surface area contributed by atoms with Crippen LogP contribution in [0.4, 0.5) is 0 Å². The van der Waals surface area contributed by atoms with E-state index >= 15 is 0 Å². The van der Waals surface area contributed by atoms with Crippen molar-refractivity contribution in [2.45, 2.75) is 11.6 Å². The third kappa shape index (κ3) is 2.46. The molecule has 0 aliphatic heterocycles. The molecule has 0 bridgehead atoms. The number of aromatic nitrogens is 4. The molecule has 0 radical (unpaired) electrons. The van der Waals surface area contributed by atoms with Crippen LogP contribution in [0, 0.1) is 0 Å². The fourth-order valence-corrected chi connectivity index (χ4v) is 1.63. The second-order valence-corrected chi connectivity index (χ2v) is 3.97. The summed E-state index contributed by atoms with van der Waals surface area (Å²) in [7, 11) is 0. The Bertz CT molecular complexity index is 526. The summed E-state index contributed by atoms with van der Waals surface area (Å²) in [6, 6.07) is 1.83. The van der Waals surface area contributed by atoms with Gasteiger partial charge in [0.1, 0.15) is 0 Å². The quantitative estimate of drug-likeness (QED) is 0.630. The topological polar surface area (TPSA) is 71.5 Å². The van der Waals surface area contributed by atoms with Crippen LogP contribution in [0.1, 0.15) is 11.1 Å². The highest BCUT2D eigenvalue weighted by molar-refractivity contribution is 7.98. The van der Waals surface area contributed by atoms with Gasteiger partial charge in [0.25, 0.3) is 5.56 Å². The second-order valence-electron chi connectivity index (χ2n) is 3.17. The molecule has 6 heteroatoms. The maximum Gasteiger partial charge on any atom is 0.255 e. The van der Waals surface area contributed by atoms with Gasteiger partial charge in [-0.25, -0.2) is 4.98 Å². The van der Waals surface area contributed by atoms with Crippen molar-refractivity contribution in [2.75, 3.05) is 6.26 Å². The Balaban J connectivity index is 2.26. The van der Waals surface area contributed by atoms with Gasteiger partial charge in [0.05, 0.1) is 6.20 Å². The molecule has 0 amide bonds. The van der Waals surface area contributed by atoms with E-state index in [2.05, 4.69) is 20.2 Å². The number of rotatable bonds is 3.